The Hall–Kier alpha value is 1.06. The maximum Gasteiger partial charge on any atom is 0 e. The largest absolute Gasteiger partial charge is 0.372 e. The zero-order valence-corrected chi connectivity index (χ0v) is 10.3. The van der Waals surface area contributed by atoms with Crippen LogP contribution in [0.25, 0.3) is 0 Å². The number of hydrogen-bond donors (Lipinski definition) is 0. The summed E-state index contributed by atoms with van der Waals surface area (Å²) >= 11 is 0. The fourth-order valence-electron chi connectivity index (χ4n) is 1.44. The first-order valence-corrected chi connectivity index (χ1v) is 4.22. The van der Waals surface area contributed by atoms with E-state index < -0.39 is 0 Å². The number of likely N-dealkylation sites (tertiary alicyclic amines) is 1. The summed E-state index contributed by atoms with van der Waals surface area (Å²) in [6.07, 6.45) is 3.63. The molecule has 0 atom stereocenters. The van der Waals surface area contributed by atoms with Crippen LogP contribution >= 0.6 is 0 Å². The average molecular weight is 228 g/mol. The van der Waals surface area contributed by atoms with E-state index in [4.69, 9.17) is 0 Å². The standard InChI is InChI=1S/C9H17N.Y/c1-3-9-5-7-10(4-2)8-6-9;/h1,3-8H2,2H3;/q-2;. The number of nitrogens with zero attached hydrogens (tertiary/aromatic N) is 1. The third-order valence-electron chi connectivity index (χ3n) is 2.36. The second-order valence-electron chi connectivity index (χ2n) is 2.93. The van der Waals surface area contributed by atoms with Crippen molar-refractivity contribution < 1.29 is 32.7 Å². The normalized spacial score (nSPS) is 21.3. The summed E-state index contributed by atoms with van der Waals surface area (Å²) in [5.41, 5.74) is 0. The minimum atomic E-state index is 0. The van der Waals surface area contributed by atoms with Gasteiger partial charge in [-0.05, 0) is 19.6 Å². The van der Waals surface area contributed by atoms with E-state index in [-0.39, 0.29) is 32.7 Å². The molecule has 2 heteroatoms. The van der Waals surface area contributed by atoms with Gasteiger partial charge in [-0.15, -0.1) is 0 Å². The van der Waals surface area contributed by atoms with Gasteiger partial charge in [-0.25, -0.2) is 0 Å². The van der Waals surface area contributed by atoms with Crippen LogP contribution in [0.4, 0.5) is 0 Å². The van der Waals surface area contributed by atoms with Gasteiger partial charge < -0.3 is 24.2 Å². The molecule has 1 nitrogen and oxygen atoms in total. The molecule has 0 aromatic rings. The zero-order valence-electron chi connectivity index (χ0n) is 7.47. The van der Waals surface area contributed by atoms with Gasteiger partial charge in [0.15, 0.2) is 0 Å². The fourth-order valence-corrected chi connectivity index (χ4v) is 1.44. The quantitative estimate of drug-likeness (QED) is 0.652. The van der Waals surface area contributed by atoms with Gasteiger partial charge >= 0.3 is 0 Å². The third-order valence-corrected chi connectivity index (χ3v) is 2.36. The van der Waals surface area contributed by atoms with Crippen molar-refractivity contribution in [2.75, 3.05) is 19.6 Å². The van der Waals surface area contributed by atoms with Gasteiger partial charge in [0.05, 0.1) is 0 Å². The average Bonchev–Trinajstić information content (AvgIpc) is 2.05. The Morgan fingerprint density at radius 2 is 1.91 bits per heavy atom. The molecule has 1 aliphatic rings. The van der Waals surface area contributed by atoms with E-state index in [2.05, 4.69) is 18.7 Å². The van der Waals surface area contributed by atoms with E-state index >= 15 is 0 Å². The summed E-state index contributed by atoms with van der Waals surface area (Å²) in [6.45, 7) is 9.88. The molecule has 63 valence electrons. The maximum atomic E-state index is 3.90. The van der Waals surface area contributed by atoms with Crippen molar-refractivity contribution in [1.29, 1.82) is 0 Å². The minimum absolute atomic E-state index is 0. The Morgan fingerprint density at radius 3 is 2.27 bits per heavy atom. The van der Waals surface area contributed by atoms with E-state index in [1.807, 2.05) is 0 Å². The van der Waals surface area contributed by atoms with E-state index in [1.165, 1.54) is 32.5 Å². The molecule has 0 N–H and O–H groups in total. The van der Waals surface area contributed by atoms with Crippen molar-refractivity contribution in [2.24, 2.45) is 0 Å². The molecule has 0 saturated carbocycles. The fraction of sp³-hybridized carbons (Fsp3) is 0.778. The van der Waals surface area contributed by atoms with Crippen LogP contribution in [0, 0.1) is 12.8 Å². The van der Waals surface area contributed by atoms with Crippen molar-refractivity contribution in [1.82, 2.24) is 4.90 Å². The van der Waals surface area contributed by atoms with E-state index in [0.29, 0.717) is 0 Å². The predicted octanol–water partition coefficient (Wildman–Crippen LogP) is 1.90. The molecule has 1 aliphatic heterocycles. The molecule has 11 heavy (non-hydrogen) atoms. The Kier molecular flexibility index (Phi) is 7.20. The van der Waals surface area contributed by atoms with Gasteiger partial charge in [0, 0.05) is 32.7 Å². The van der Waals surface area contributed by atoms with Gasteiger partial charge in [-0.3, -0.25) is 0 Å². The smallest absolute Gasteiger partial charge is 0 e. The first kappa shape index (κ1) is 12.1. The summed E-state index contributed by atoms with van der Waals surface area (Å²) < 4.78 is 0. The van der Waals surface area contributed by atoms with Crippen LogP contribution in [0.5, 0.6) is 0 Å². The molecule has 0 aliphatic carbocycles. The van der Waals surface area contributed by atoms with Gasteiger partial charge in [0.1, 0.15) is 0 Å². The minimum Gasteiger partial charge on any atom is -0.372 e. The molecule has 0 amide bonds. The molecule has 1 rings (SSSR count). The molecule has 0 aromatic carbocycles. The molecule has 0 unspecified atom stereocenters. The monoisotopic (exact) mass is 228 g/mol. The van der Waals surface area contributed by atoms with Crippen molar-refractivity contribution in [2.45, 2.75) is 26.2 Å². The number of hydrogen-bond acceptors (Lipinski definition) is 1. The van der Waals surface area contributed by atoms with Crippen LogP contribution in [0.2, 0.25) is 0 Å². The van der Waals surface area contributed by atoms with Gasteiger partial charge in [0.25, 0.3) is 0 Å². The van der Waals surface area contributed by atoms with E-state index in [9.17, 15) is 0 Å². The molecule has 1 saturated heterocycles. The second kappa shape index (κ2) is 6.57. The topological polar surface area (TPSA) is 3.24 Å². The molecule has 1 heterocycles. The SMILES string of the molecule is [CH2-]C[C-]1CCN(CC)CC1.[Y]. The molecule has 0 aromatic heterocycles. The van der Waals surface area contributed by atoms with Crippen molar-refractivity contribution in [3.8, 4) is 0 Å². The molecular weight excluding hydrogens is 211 g/mol. The first-order chi connectivity index (χ1) is 4.86. The zero-order chi connectivity index (χ0) is 7.40. The van der Waals surface area contributed by atoms with Gasteiger partial charge in [0.2, 0.25) is 0 Å². The summed E-state index contributed by atoms with van der Waals surface area (Å²) in [5, 5.41) is 0. The van der Waals surface area contributed by atoms with Crippen molar-refractivity contribution in [3.63, 3.8) is 0 Å². The summed E-state index contributed by atoms with van der Waals surface area (Å²) in [6, 6.07) is 0. The first-order valence-electron chi connectivity index (χ1n) is 4.22. The molecular formula is C9H17NY-2. The Balaban J connectivity index is 0.000001000. The molecule has 0 spiro atoms. The molecule has 0 bridgehead atoms. The Bertz CT molecular complexity index is 75.6. The van der Waals surface area contributed by atoms with Crippen LogP contribution in [0.3, 0.4) is 0 Å². The van der Waals surface area contributed by atoms with Crippen LogP contribution in [0.1, 0.15) is 26.2 Å². The van der Waals surface area contributed by atoms with Crippen LogP contribution in [0.15, 0.2) is 0 Å². The van der Waals surface area contributed by atoms with Crippen molar-refractivity contribution in [3.05, 3.63) is 12.8 Å². The summed E-state index contributed by atoms with van der Waals surface area (Å²) in [4.78, 5) is 2.50. The maximum absolute atomic E-state index is 3.90. The summed E-state index contributed by atoms with van der Waals surface area (Å²) in [5.74, 6) is 1.66. The predicted molar refractivity (Wildman–Crippen MR) is 44.6 cm³/mol. The number of rotatable bonds is 2. The second-order valence-corrected chi connectivity index (χ2v) is 2.93. The van der Waals surface area contributed by atoms with E-state index in [0.717, 1.165) is 6.42 Å². The van der Waals surface area contributed by atoms with Crippen LogP contribution in [-0.4, -0.2) is 24.5 Å². The molecule has 1 radical (unpaired) electrons. The third kappa shape index (κ3) is 4.01. The Labute approximate surface area is 95.8 Å². The van der Waals surface area contributed by atoms with E-state index in [1.54, 1.807) is 5.92 Å². The van der Waals surface area contributed by atoms with Gasteiger partial charge in [-0.2, -0.15) is 12.8 Å². The summed E-state index contributed by atoms with van der Waals surface area (Å²) in [7, 11) is 0. The van der Waals surface area contributed by atoms with Crippen LogP contribution in [-0.2, 0) is 32.7 Å². The number of piperidine rings is 1. The van der Waals surface area contributed by atoms with Crippen LogP contribution < -0.4 is 0 Å². The van der Waals surface area contributed by atoms with Crippen molar-refractivity contribution >= 4 is 0 Å². The van der Waals surface area contributed by atoms with Gasteiger partial charge in [-0.1, -0.05) is 6.92 Å². The Morgan fingerprint density at radius 1 is 1.36 bits per heavy atom. The molecule has 1 fully saturated rings.